The first-order chi connectivity index (χ1) is 7.85. The van der Waals surface area contributed by atoms with Crippen LogP contribution in [0.4, 0.5) is 0 Å². The molecule has 84 valence electrons. The number of rotatable bonds is 4. The van der Waals surface area contributed by atoms with Gasteiger partial charge in [0.05, 0.1) is 0 Å². The van der Waals surface area contributed by atoms with Crippen LogP contribution in [0, 0.1) is 0 Å². The zero-order valence-electron chi connectivity index (χ0n) is 9.87. The third-order valence-corrected chi connectivity index (χ3v) is 3.07. The monoisotopic (exact) mass is 213 g/mol. The van der Waals surface area contributed by atoms with E-state index in [1.165, 1.54) is 41.2 Å². The Morgan fingerprint density at radius 3 is 2.75 bits per heavy atom. The van der Waals surface area contributed by atoms with Crippen LogP contribution in [0.25, 0.3) is 10.8 Å². The molecule has 1 heteroatoms. The highest BCUT2D eigenvalue weighted by Gasteiger charge is 2.01. The minimum Gasteiger partial charge on any atom is -0.326 e. The summed E-state index contributed by atoms with van der Waals surface area (Å²) in [5.41, 5.74) is 8.36. The first kappa shape index (κ1) is 11.2. The Hall–Kier alpha value is -1.34. The fraction of sp³-hybridized carbons (Fsp3) is 0.333. The van der Waals surface area contributed by atoms with E-state index >= 15 is 0 Å². The predicted octanol–water partition coefficient (Wildman–Crippen LogP) is 3.64. The first-order valence-corrected chi connectivity index (χ1v) is 6.05. The van der Waals surface area contributed by atoms with E-state index in [2.05, 4.69) is 43.3 Å². The van der Waals surface area contributed by atoms with Crippen LogP contribution in [0.1, 0.15) is 30.9 Å². The van der Waals surface area contributed by atoms with Gasteiger partial charge in [-0.2, -0.15) is 0 Å². The summed E-state index contributed by atoms with van der Waals surface area (Å²) in [6.45, 7) is 2.86. The van der Waals surface area contributed by atoms with Gasteiger partial charge in [-0.1, -0.05) is 43.7 Å². The van der Waals surface area contributed by atoms with Gasteiger partial charge in [-0.3, -0.25) is 0 Å². The lowest BCUT2D eigenvalue weighted by Crippen LogP contribution is -1.96. The van der Waals surface area contributed by atoms with Crippen LogP contribution in [0.5, 0.6) is 0 Å². The third kappa shape index (κ3) is 2.25. The molecule has 2 aromatic carbocycles. The van der Waals surface area contributed by atoms with E-state index in [9.17, 15) is 0 Å². The minimum absolute atomic E-state index is 0.623. The first-order valence-electron chi connectivity index (χ1n) is 6.05. The van der Waals surface area contributed by atoms with Crippen LogP contribution >= 0.6 is 0 Å². The van der Waals surface area contributed by atoms with E-state index in [4.69, 9.17) is 5.73 Å². The number of fused-ring (bicyclic) bond motifs is 1. The van der Waals surface area contributed by atoms with Crippen molar-refractivity contribution in [3.05, 3.63) is 47.5 Å². The molecule has 0 spiro atoms. The molecule has 2 aromatic rings. The average molecular weight is 213 g/mol. The van der Waals surface area contributed by atoms with Crippen LogP contribution in [-0.4, -0.2) is 0 Å². The number of hydrogen-bond acceptors (Lipinski definition) is 1. The summed E-state index contributed by atoms with van der Waals surface area (Å²) >= 11 is 0. The quantitative estimate of drug-likeness (QED) is 0.824. The Labute approximate surface area is 97.3 Å². The summed E-state index contributed by atoms with van der Waals surface area (Å²) in [5.74, 6) is 0. The van der Waals surface area contributed by atoms with Crippen LogP contribution < -0.4 is 5.73 Å². The van der Waals surface area contributed by atoms with Crippen molar-refractivity contribution in [3.8, 4) is 0 Å². The maximum Gasteiger partial charge on any atom is 0.0178 e. The Morgan fingerprint density at radius 2 is 2.00 bits per heavy atom. The zero-order valence-corrected chi connectivity index (χ0v) is 9.87. The molecule has 0 aliphatic rings. The summed E-state index contributed by atoms with van der Waals surface area (Å²) in [7, 11) is 0. The molecule has 0 aliphatic carbocycles. The summed E-state index contributed by atoms with van der Waals surface area (Å²) in [6.07, 6.45) is 3.67. The SMILES string of the molecule is CCCCc1cccc2ccc(CN)cc12. The largest absolute Gasteiger partial charge is 0.326 e. The molecule has 1 nitrogen and oxygen atoms in total. The van der Waals surface area contributed by atoms with Gasteiger partial charge in [0.2, 0.25) is 0 Å². The molecule has 0 atom stereocenters. The fourth-order valence-electron chi connectivity index (χ4n) is 2.10. The number of unbranched alkanes of at least 4 members (excludes halogenated alkanes) is 1. The second-order valence-corrected chi connectivity index (χ2v) is 4.28. The molecule has 0 aromatic heterocycles. The van der Waals surface area contributed by atoms with Gasteiger partial charge in [0.15, 0.2) is 0 Å². The minimum atomic E-state index is 0.623. The van der Waals surface area contributed by atoms with Crippen molar-refractivity contribution in [1.29, 1.82) is 0 Å². The van der Waals surface area contributed by atoms with Gasteiger partial charge in [-0.15, -0.1) is 0 Å². The lowest BCUT2D eigenvalue weighted by Gasteiger charge is -2.07. The van der Waals surface area contributed by atoms with Crippen LogP contribution in [-0.2, 0) is 13.0 Å². The number of aryl methyl sites for hydroxylation is 1. The highest BCUT2D eigenvalue weighted by Crippen LogP contribution is 2.21. The third-order valence-electron chi connectivity index (χ3n) is 3.07. The molecule has 0 aliphatic heterocycles. The Morgan fingerprint density at radius 1 is 1.12 bits per heavy atom. The van der Waals surface area contributed by atoms with Crippen molar-refractivity contribution >= 4 is 10.8 Å². The van der Waals surface area contributed by atoms with Gasteiger partial charge in [0.1, 0.15) is 0 Å². The smallest absolute Gasteiger partial charge is 0.0178 e. The van der Waals surface area contributed by atoms with Crippen LogP contribution in [0.2, 0.25) is 0 Å². The molecular weight excluding hydrogens is 194 g/mol. The van der Waals surface area contributed by atoms with Crippen molar-refractivity contribution in [2.75, 3.05) is 0 Å². The molecule has 16 heavy (non-hydrogen) atoms. The normalized spacial score (nSPS) is 10.9. The highest BCUT2D eigenvalue weighted by atomic mass is 14.5. The zero-order chi connectivity index (χ0) is 11.4. The summed E-state index contributed by atoms with van der Waals surface area (Å²) in [5, 5.41) is 2.70. The van der Waals surface area contributed by atoms with Crippen molar-refractivity contribution in [2.45, 2.75) is 32.7 Å². The summed E-state index contributed by atoms with van der Waals surface area (Å²) in [6, 6.07) is 13.1. The molecule has 0 radical (unpaired) electrons. The molecule has 2 rings (SSSR count). The van der Waals surface area contributed by atoms with E-state index < -0.39 is 0 Å². The predicted molar refractivity (Wildman–Crippen MR) is 70.5 cm³/mol. The molecule has 0 bridgehead atoms. The Bertz CT molecular complexity index is 474. The van der Waals surface area contributed by atoms with Gasteiger partial charge < -0.3 is 5.73 Å². The van der Waals surface area contributed by atoms with E-state index in [0.717, 1.165) is 0 Å². The number of benzene rings is 2. The molecule has 0 heterocycles. The highest BCUT2D eigenvalue weighted by molar-refractivity contribution is 5.86. The Kier molecular flexibility index (Phi) is 3.58. The average Bonchev–Trinajstić information content (AvgIpc) is 2.35. The molecule has 0 unspecified atom stereocenters. The van der Waals surface area contributed by atoms with E-state index in [0.29, 0.717) is 6.54 Å². The van der Waals surface area contributed by atoms with Crippen molar-refractivity contribution in [1.82, 2.24) is 0 Å². The molecule has 2 N–H and O–H groups in total. The van der Waals surface area contributed by atoms with Crippen molar-refractivity contribution < 1.29 is 0 Å². The van der Waals surface area contributed by atoms with Gasteiger partial charge in [-0.25, -0.2) is 0 Å². The fourth-order valence-corrected chi connectivity index (χ4v) is 2.10. The lowest BCUT2D eigenvalue weighted by atomic mass is 9.98. The number of nitrogens with two attached hydrogens (primary N) is 1. The van der Waals surface area contributed by atoms with Gasteiger partial charge >= 0.3 is 0 Å². The second-order valence-electron chi connectivity index (χ2n) is 4.28. The Balaban J connectivity index is 2.46. The maximum absolute atomic E-state index is 5.69. The van der Waals surface area contributed by atoms with Crippen molar-refractivity contribution in [3.63, 3.8) is 0 Å². The van der Waals surface area contributed by atoms with E-state index in [1.807, 2.05) is 0 Å². The van der Waals surface area contributed by atoms with E-state index in [1.54, 1.807) is 0 Å². The topological polar surface area (TPSA) is 26.0 Å². The van der Waals surface area contributed by atoms with Crippen LogP contribution in [0.15, 0.2) is 36.4 Å². The number of hydrogen-bond donors (Lipinski definition) is 1. The van der Waals surface area contributed by atoms with Gasteiger partial charge in [0.25, 0.3) is 0 Å². The summed E-state index contributed by atoms with van der Waals surface area (Å²) < 4.78 is 0. The van der Waals surface area contributed by atoms with Crippen LogP contribution in [0.3, 0.4) is 0 Å². The standard InChI is InChI=1S/C15H19N/c1-2-3-5-13-6-4-7-14-9-8-12(11-16)10-15(13)14/h4,6-10H,2-3,5,11,16H2,1H3. The molecular formula is C15H19N. The maximum atomic E-state index is 5.69. The van der Waals surface area contributed by atoms with Gasteiger partial charge in [0, 0.05) is 6.54 Å². The van der Waals surface area contributed by atoms with Crippen molar-refractivity contribution in [2.24, 2.45) is 5.73 Å². The van der Waals surface area contributed by atoms with E-state index in [-0.39, 0.29) is 0 Å². The molecule has 0 fully saturated rings. The van der Waals surface area contributed by atoms with Gasteiger partial charge in [-0.05, 0) is 40.8 Å². The molecule has 0 saturated carbocycles. The second kappa shape index (κ2) is 5.13. The molecule has 0 amide bonds. The summed E-state index contributed by atoms with van der Waals surface area (Å²) in [4.78, 5) is 0. The lowest BCUT2D eigenvalue weighted by molar-refractivity contribution is 0.799. The molecule has 0 saturated heterocycles.